The van der Waals surface area contributed by atoms with Crippen molar-refractivity contribution in [2.45, 2.75) is 37.6 Å². The molecule has 0 radical (unpaired) electrons. The van der Waals surface area contributed by atoms with Crippen molar-refractivity contribution in [3.05, 3.63) is 0 Å². The molecule has 3 atom stereocenters. The van der Waals surface area contributed by atoms with Gasteiger partial charge in [0.15, 0.2) is 0 Å². The van der Waals surface area contributed by atoms with Gasteiger partial charge in [-0.3, -0.25) is 0 Å². The van der Waals surface area contributed by atoms with E-state index in [1.165, 1.54) is 0 Å². The fraction of sp³-hybridized carbons (Fsp3) is 0.857. The lowest BCUT2D eigenvalue weighted by Crippen LogP contribution is -2.42. The molecular weight excluding hydrogens is 165 g/mol. The molecule has 3 N–H and O–H groups in total. The summed E-state index contributed by atoms with van der Waals surface area (Å²) in [5, 5.41) is 19.5. The normalized spacial score (nSPS) is 36.0. The standard InChI is InChI=1S/C7H12FNO3/c8-5-3-4(9-7(11)12)1-2-6(5)10/h4-6,9-10H,1-3H2,(H,11,12)/t4-,5+,6+/m0/s1. The molecule has 0 heterocycles. The molecule has 12 heavy (non-hydrogen) atoms. The minimum atomic E-state index is -1.30. The Bertz CT molecular complexity index is 176. The largest absolute Gasteiger partial charge is 0.465 e. The van der Waals surface area contributed by atoms with E-state index in [0.29, 0.717) is 12.8 Å². The van der Waals surface area contributed by atoms with Gasteiger partial charge in [0.1, 0.15) is 6.17 Å². The van der Waals surface area contributed by atoms with Crippen LogP contribution in [0.2, 0.25) is 0 Å². The van der Waals surface area contributed by atoms with Gasteiger partial charge in [-0.05, 0) is 12.8 Å². The molecule has 1 saturated carbocycles. The van der Waals surface area contributed by atoms with Gasteiger partial charge >= 0.3 is 6.09 Å². The zero-order chi connectivity index (χ0) is 9.14. The van der Waals surface area contributed by atoms with Gasteiger partial charge in [0, 0.05) is 12.5 Å². The van der Waals surface area contributed by atoms with E-state index in [-0.39, 0.29) is 12.5 Å². The molecule has 5 heteroatoms. The SMILES string of the molecule is O=C(O)N[C@H]1CC[C@@H](O)[C@H](F)C1. The van der Waals surface area contributed by atoms with Crippen LogP contribution in [0, 0.1) is 0 Å². The third-order valence-electron chi connectivity index (χ3n) is 2.07. The Balaban J connectivity index is 2.35. The van der Waals surface area contributed by atoms with Gasteiger partial charge in [-0.15, -0.1) is 0 Å². The van der Waals surface area contributed by atoms with Gasteiger partial charge in [0.25, 0.3) is 0 Å². The lowest BCUT2D eigenvalue weighted by molar-refractivity contribution is 0.0329. The number of halogens is 1. The van der Waals surface area contributed by atoms with Crippen LogP contribution in [0.4, 0.5) is 9.18 Å². The molecule has 0 aromatic heterocycles. The van der Waals surface area contributed by atoms with Crippen molar-refractivity contribution in [3.63, 3.8) is 0 Å². The minimum Gasteiger partial charge on any atom is -0.465 e. The first-order valence-electron chi connectivity index (χ1n) is 3.91. The second-order valence-corrected chi connectivity index (χ2v) is 3.04. The zero-order valence-electron chi connectivity index (χ0n) is 6.53. The van der Waals surface area contributed by atoms with E-state index >= 15 is 0 Å². The molecule has 1 amide bonds. The Hall–Kier alpha value is -0.840. The van der Waals surface area contributed by atoms with Gasteiger partial charge in [-0.1, -0.05) is 0 Å². The summed E-state index contributed by atoms with van der Waals surface area (Å²) in [6.07, 6.45) is -2.44. The van der Waals surface area contributed by atoms with E-state index in [2.05, 4.69) is 5.32 Å². The Labute approximate surface area is 69.4 Å². The summed E-state index contributed by atoms with van der Waals surface area (Å²) in [7, 11) is 0. The average Bonchev–Trinajstić information content (AvgIpc) is 1.96. The van der Waals surface area contributed by atoms with E-state index in [0.717, 1.165) is 0 Å². The highest BCUT2D eigenvalue weighted by Crippen LogP contribution is 2.21. The second kappa shape index (κ2) is 3.71. The predicted octanol–water partition coefficient (Wildman–Crippen LogP) is 0.505. The van der Waals surface area contributed by atoms with Gasteiger partial charge in [-0.25, -0.2) is 9.18 Å². The number of nitrogens with one attached hydrogen (secondary N) is 1. The number of hydrogen-bond acceptors (Lipinski definition) is 2. The summed E-state index contributed by atoms with van der Waals surface area (Å²) in [5.74, 6) is 0. The minimum absolute atomic E-state index is 0.0769. The first-order valence-corrected chi connectivity index (χ1v) is 3.91. The highest BCUT2D eigenvalue weighted by Gasteiger charge is 2.29. The van der Waals surface area contributed by atoms with Crippen LogP contribution in [0.15, 0.2) is 0 Å². The first-order chi connectivity index (χ1) is 5.59. The smallest absolute Gasteiger partial charge is 0.404 e. The average molecular weight is 177 g/mol. The molecule has 0 aromatic carbocycles. The molecule has 0 saturated heterocycles. The molecule has 1 aliphatic carbocycles. The fourth-order valence-electron chi connectivity index (χ4n) is 1.41. The first kappa shape index (κ1) is 9.25. The highest BCUT2D eigenvalue weighted by molar-refractivity contribution is 5.64. The number of amides is 1. The van der Waals surface area contributed by atoms with Crippen LogP contribution in [0.25, 0.3) is 0 Å². The summed E-state index contributed by atoms with van der Waals surface area (Å²) < 4.78 is 12.8. The molecule has 70 valence electrons. The third kappa shape index (κ3) is 2.34. The number of rotatable bonds is 1. The summed E-state index contributed by atoms with van der Waals surface area (Å²) in [6, 6.07) is -0.346. The molecule has 0 unspecified atom stereocenters. The summed E-state index contributed by atoms with van der Waals surface area (Å²) in [4.78, 5) is 10.2. The van der Waals surface area contributed by atoms with Crippen molar-refractivity contribution in [2.75, 3.05) is 0 Å². The molecule has 1 rings (SSSR count). The van der Waals surface area contributed by atoms with Crippen molar-refractivity contribution in [1.29, 1.82) is 0 Å². The van der Waals surface area contributed by atoms with Gasteiger partial charge in [0.2, 0.25) is 0 Å². The topological polar surface area (TPSA) is 69.6 Å². The van der Waals surface area contributed by atoms with Crippen molar-refractivity contribution in [2.24, 2.45) is 0 Å². The van der Waals surface area contributed by atoms with Crippen molar-refractivity contribution < 1.29 is 19.4 Å². The zero-order valence-corrected chi connectivity index (χ0v) is 6.53. The summed E-state index contributed by atoms with van der Waals surface area (Å²) in [5.41, 5.74) is 0. The van der Waals surface area contributed by atoms with Crippen molar-refractivity contribution in [1.82, 2.24) is 5.32 Å². The molecule has 1 aliphatic rings. The number of aliphatic hydroxyl groups is 1. The molecular formula is C7H12FNO3. The van der Waals surface area contributed by atoms with Crippen LogP contribution >= 0.6 is 0 Å². The third-order valence-corrected chi connectivity index (χ3v) is 2.07. The molecule has 0 aliphatic heterocycles. The van der Waals surface area contributed by atoms with E-state index in [4.69, 9.17) is 10.2 Å². The number of aliphatic hydroxyl groups excluding tert-OH is 1. The fourth-order valence-corrected chi connectivity index (χ4v) is 1.41. The van der Waals surface area contributed by atoms with Crippen LogP contribution in [0.3, 0.4) is 0 Å². The van der Waals surface area contributed by atoms with Gasteiger partial charge < -0.3 is 15.5 Å². The summed E-state index contributed by atoms with van der Waals surface area (Å²) in [6.45, 7) is 0. The lowest BCUT2D eigenvalue weighted by atomic mass is 9.92. The van der Waals surface area contributed by atoms with Crippen molar-refractivity contribution in [3.8, 4) is 0 Å². The van der Waals surface area contributed by atoms with Crippen LogP contribution in [0.1, 0.15) is 19.3 Å². The molecule has 4 nitrogen and oxygen atoms in total. The Morgan fingerprint density at radius 2 is 2.17 bits per heavy atom. The molecule has 0 spiro atoms. The van der Waals surface area contributed by atoms with E-state index < -0.39 is 18.4 Å². The maximum absolute atomic E-state index is 12.8. The van der Waals surface area contributed by atoms with Crippen LogP contribution in [-0.2, 0) is 0 Å². The van der Waals surface area contributed by atoms with E-state index in [1.807, 2.05) is 0 Å². The quantitative estimate of drug-likeness (QED) is 0.546. The number of carboxylic acid groups (broad SMARTS) is 1. The Morgan fingerprint density at radius 3 is 2.67 bits per heavy atom. The highest BCUT2D eigenvalue weighted by atomic mass is 19.1. The maximum atomic E-state index is 12.8. The predicted molar refractivity (Wildman–Crippen MR) is 39.7 cm³/mol. The number of alkyl halides is 1. The number of carbonyl (C=O) groups is 1. The van der Waals surface area contributed by atoms with Gasteiger partial charge in [-0.2, -0.15) is 0 Å². The van der Waals surface area contributed by atoms with Crippen LogP contribution in [0.5, 0.6) is 0 Å². The Kier molecular flexibility index (Phi) is 2.86. The monoisotopic (exact) mass is 177 g/mol. The molecule has 1 fully saturated rings. The summed E-state index contributed by atoms with van der Waals surface area (Å²) >= 11 is 0. The van der Waals surface area contributed by atoms with E-state index in [1.54, 1.807) is 0 Å². The van der Waals surface area contributed by atoms with Crippen LogP contribution < -0.4 is 5.32 Å². The van der Waals surface area contributed by atoms with Crippen molar-refractivity contribution >= 4 is 6.09 Å². The van der Waals surface area contributed by atoms with Crippen LogP contribution in [-0.4, -0.2) is 34.6 Å². The molecule has 0 aromatic rings. The molecule has 0 bridgehead atoms. The Morgan fingerprint density at radius 1 is 1.50 bits per heavy atom. The number of hydrogen-bond donors (Lipinski definition) is 3. The van der Waals surface area contributed by atoms with Gasteiger partial charge in [0.05, 0.1) is 6.10 Å². The second-order valence-electron chi connectivity index (χ2n) is 3.04. The van der Waals surface area contributed by atoms with E-state index in [9.17, 15) is 9.18 Å². The lowest BCUT2D eigenvalue weighted by Gasteiger charge is -2.28. The maximum Gasteiger partial charge on any atom is 0.404 e.